The zero-order valence-electron chi connectivity index (χ0n) is 17.1. The summed E-state index contributed by atoms with van der Waals surface area (Å²) >= 11 is 0. The highest BCUT2D eigenvalue weighted by molar-refractivity contribution is 5.91. The highest BCUT2D eigenvalue weighted by atomic mass is 19.1. The van der Waals surface area contributed by atoms with Crippen LogP contribution in [-0.2, 0) is 13.1 Å². The molecule has 0 spiro atoms. The van der Waals surface area contributed by atoms with Crippen LogP contribution < -0.4 is 0 Å². The van der Waals surface area contributed by atoms with E-state index in [2.05, 4.69) is 4.90 Å². The van der Waals surface area contributed by atoms with Crippen molar-refractivity contribution in [1.82, 2.24) is 9.80 Å². The molecule has 0 N–H and O–H groups in total. The number of hydrogen-bond acceptors (Lipinski definition) is 3. The van der Waals surface area contributed by atoms with Crippen LogP contribution in [0.25, 0.3) is 0 Å². The van der Waals surface area contributed by atoms with Gasteiger partial charge in [0.15, 0.2) is 5.76 Å². The summed E-state index contributed by atoms with van der Waals surface area (Å²) < 4.78 is 19.3. The predicted molar refractivity (Wildman–Crippen MR) is 111 cm³/mol. The van der Waals surface area contributed by atoms with Gasteiger partial charge in [0, 0.05) is 25.7 Å². The van der Waals surface area contributed by atoms with Crippen molar-refractivity contribution in [3.8, 4) is 0 Å². The fraction of sp³-hybridized carbons (Fsp3) is 0.542. The Labute approximate surface area is 172 Å². The van der Waals surface area contributed by atoms with Crippen molar-refractivity contribution in [1.29, 1.82) is 0 Å². The fourth-order valence-electron chi connectivity index (χ4n) is 4.62. The lowest BCUT2D eigenvalue weighted by Crippen LogP contribution is -2.36. The number of hydrogen-bond donors (Lipinski definition) is 0. The van der Waals surface area contributed by atoms with Gasteiger partial charge in [0.2, 0.25) is 0 Å². The Morgan fingerprint density at radius 1 is 0.931 bits per heavy atom. The average Bonchev–Trinajstić information content (AvgIpc) is 3.24. The van der Waals surface area contributed by atoms with Gasteiger partial charge in [-0.1, -0.05) is 31.4 Å². The van der Waals surface area contributed by atoms with Gasteiger partial charge in [-0.15, -0.1) is 0 Å². The number of carbonyl (C=O) groups is 1. The first-order valence-electron chi connectivity index (χ1n) is 11.1. The molecule has 0 bridgehead atoms. The minimum atomic E-state index is -0.204. The second-order valence-electron chi connectivity index (χ2n) is 8.44. The number of halogens is 1. The molecule has 156 valence electrons. The van der Waals surface area contributed by atoms with Crippen molar-refractivity contribution >= 4 is 5.91 Å². The molecule has 2 aliphatic rings. The van der Waals surface area contributed by atoms with Gasteiger partial charge in [0.25, 0.3) is 5.91 Å². The molecule has 1 amide bonds. The van der Waals surface area contributed by atoms with Crippen LogP contribution in [0.5, 0.6) is 0 Å². The van der Waals surface area contributed by atoms with Crippen molar-refractivity contribution in [2.75, 3.05) is 13.1 Å². The highest BCUT2D eigenvalue weighted by Crippen LogP contribution is 2.26. The van der Waals surface area contributed by atoms with E-state index in [1.807, 2.05) is 29.2 Å². The molecule has 0 atom stereocenters. The maximum Gasteiger partial charge on any atom is 0.289 e. The van der Waals surface area contributed by atoms with Gasteiger partial charge in [-0.2, -0.15) is 0 Å². The minimum Gasteiger partial charge on any atom is -0.455 e. The summed E-state index contributed by atoms with van der Waals surface area (Å²) in [7, 11) is 0. The Morgan fingerprint density at radius 3 is 2.34 bits per heavy atom. The van der Waals surface area contributed by atoms with Crippen LogP contribution >= 0.6 is 0 Å². The summed E-state index contributed by atoms with van der Waals surface area (Å²) in [6.45, 7) is 3.09. The van der Waals surface area contributed by atoms with Crippen LogP contribution in [0.15, 0.2) is 40.8 Å². The second-order valence-corrected chi connectivity index (χ2v) is 8.44. The first-order valence-corrected chi connectivity index (χ1v) is 11.1. The number of carbonyl (C=O) groups excluding carboxylic acids is 1. The maximum absolute atomic E-state index is 13.3. The van der Waals surface area contributed by atoms with Crippen molar-refractivity contribution in [3.05, 3.63) is 59.3 Å². The second kappa shape index (κ2) is 9.57. The van der Waals surface area contributed by atoms with E-state index in [9.17, 15) is 9.18 Å². The Balaban J connectivity index is 1.46. The standard InChI is InChI=1S/C24H31FN2O2/c25-20-11-9-19(10-12-20)17-27(21-7-3-1-4-8-21)18-22-13-14-23(29-22)24(28)26-15-5-2-6-16-26/h9-14,21H,1-8,15-18H2. The Morgan fingerprint density at radius 2 is 1.62 bits per heavy atom. The van der Waals surface area contributed by atoms with Gasteiger partial charge >= 0.3 is 0 Å². The highest BCUT2D eigenvalue weighted by Gasteiger charge is 2.25. The first-order chi connectivity index (χ1) is 14.2. The quantitative estimate of drug-likeness (QED) is 0.655. The number of rotatable bonds is 6. The van der Waals surface area contributed by atoms with Gasteiger partial charge in [0.1, 0.15) is 11.6 Å². The number of benzene rings is 1. The molecule has 0 unspecified atom stereocenters. The van der Waals surface area contributed by atoms with Crippen molar-refractivity contribution in [2.24, 2.45) is 0 Å². The molecule has 4 nitrogen and oxygen atoms in total. The summed E-state index contributed by atoms with van der Waals surface area (Å²) in [6, 6.07) is 11.0. The zero-order chi connectivity index (χ0) is 20.1. The van der Waals surface area contributed by atoms with Gasteiger partial charge in [-0.05, 0) is 61.9 Å². The lowest BCUT2D eigenvalue weighted by atomic mass is 9.93. The molecule has 1 aromatic carbocycles. The smallest absolute Gasteiger partial charge is 0.289 e. The Hall–Kier alpha value is -2.14. The predicted octanol–water partition coefficient (Wildman–Crippen LogP) is 5.38. The number of piperidine rings is 1. The SMILES string of the molecule is O=C(c1ccc(CN(Cc2ccc(F)cc2)C2CCCCC2)o1)N1CCCCC1. The van der Waals surface area contributed by atoms with E-state index in [1.165, 1.54) is 50.7 Å². The van der Waals surface area contributed by atoms with E-state index in [4.69, 9.17) is 4.42 Å². The van der Waals surface area contributed by atoms with E-state index in [1.54, 1.807) is 0 Å². The van der Waals surface area contributed by atoms with Crippen molar-refractivity contribution in [2.45, 2.75) is 70.5 Å². The summed E-state index contributed by atoms with van der Waals surface area (Å²) in [5.74, 6) is 1.09. The Kier molecular flexibility index (Phi) is 6.65. The van der Waals surface area contributed by atoms with E-state index >= 15 is 0 Å². The van der Waals surface area contributed by atoms with E-state index in [0.29, 0.717) is 18.3 Å². The molecule has 29 heavy (non-hydrogen) atoms. The fourth-order valence-corrected chi connectivity index (χ4v) is 4.62. The maximum atomic E-state index is 13.3. The molecule has 5 heteroatoms. The van der Waals surface area contributed by atoms with Crippen LogP contribution in [-0.4, -0.2) is 34.8 Å². The van der Waals surface area contributed by atoms with Crippen molar-refractivity contribution in [3.63, 3.8) is 0 Å². The third-order valence-electron chi connectivity index (χ3n) is 6.26. The van der Waals surface area contributed by atoms with Crippen LogP contribution in [0.3, 0.4) is 0 Å². The van der Waals surface area contributed by atoms with Gasteiger partial charge in [-0.25, -0.2) is 4.39 Å². The van der Waals surface area contributed by atoms with Crippen LogP contribution in [0.1, 0.15) is 73.2 Å². The third-order valence-corrected chi connectivity index (χ3v) is 6.26. The van der Waals surface area contributed by atoms with Gasteiger partial charge in [-0.3, -0.25) is 9.69 Å². The first kappa shape index (κ1) is 20.1. The van der Waals surface area contributed by atoms with Gasteiger partial charge in [0.05, 0.1) is 6.54 Å². The number of amides is 1. The molecule has 2 heterocycles. The number of likely N-dealkylation sites (tertiary alicyclic amines) is 1. The molecule has 1 aliphatic carbocycles. The third kappa shape index (κ3) is 5.27. The van der Waals surface area contributed by atoms with Crippen molar-refractivity contribution < 1.29 is 13.6 Å². The van der Waals surface area contributed by atoms with E-state index < -0.39 is 0 Å². The Bertz CT molecular complexity index is 789. The summed E-state index contributed by atoms with van der Waals surface area (Å²) in [6.07, 6.45) is 9.52. The van der Waals surface area contributed by atoms with Gasteiger partial charge < -0.3 is 9.32 Å². The average molecular weight is 399 g/mol. The lowest BCUT2D eigenvalue weighted by Gasteiger charge is -2.34. The van der Waals surface area contributed by atoms with E-state index in [-0.39, 0.29) is 11.7 Å². The molecule has 1 aliphatic heterocycles. The summed E-state index contributed by atoms with van der Waals surface area (Å²) in [5, 5.41) is 0. The molecule has 1 saturated carbocycles. The van der Waals surface area contributed by atoms with E-state index in [0.717, 1.165) is 43.8 Å². The molecular formula is C24H31FN2O2. The molecule has 2 fully saturated rings. The number of furan rings is 1. The molecule has 0 radical (unpaired) electrons. The summed E-state index contributed by atoms with van der Waals surface area (Å²) in [5.41, 5.74) is 1.10. The lowest BCUT2D eigenvalue weighted by molar-refractivity contribution is 0.0685. The van der Waals surface area contributed by atoms with Crippen LogP contribution in [0, 0.1) is 5.82 Å². The number of nitrogens with zero attached hydrogens (tertiary/aromatic N) is 2. The monoisotopic (exact) mass is 398 g/mol. The molecule has 1 aromatic heterocycles. The normalized spacial score (nSPS) is 18.3. The van der Waals surface area contributed by atoms with Crippen LogP contribution in [0.2, 0.25) is 0 Å². The zero-order valence-corrected chi connectivity index (χ0v) is 17.1. The molecular weight excluding hydrogens is 367 g/mol. The molecule has 1 saturated heterocycles. The topological polar surface area (TPSA) is 36.7 Å². The molecule has 2 aromatic rings. The van der Waals surface area contributed by atoms with Crippen LogP contribution in [0.4, 0.5) is 4.39 Å². The summed E-state index contributed by atoms with van der Waals surface area (Å²) in [4.78, 5) is 17.0. The molecule has 4 rings (SSSR count). The minimum absolute atomic E-state index is 0.0127. The largest absolute Gasteiger partial charge is 0.455 e.